The van der Waals surface area contributed by atoms with E-state index in [0.29, 0.717) is 5.82 Å². The van der Waals surface area contributed by atoms with Gasteiger partial charge < -0.3 is 5.73 Å². The zero-order valence-electron chi connectivity index (χ0n) is 7.64. The van der Waals surface area contributed by atoms with Gasteiger partial charge in [0, 0.05) is 11.6 Å². The highest BCUT2D eigenvalue weighted by Crippen LogP contribution is 2.24. The number of aromatic amines is 1. The summed E-state index contributed by atoms with van der Waals surface area (Å²) >= 11 is 1.38. The number of aromatic nitrogens is 4. The molecule has 3 N–H and O–H groups in total. The molecular weight excluding hydrogens is 210 g/mol. The van der Waals surface area contributed by atoms with Gasteiger partial charge >= 0.3 is 0 Å². The molecule has 2 heterocycles. The van der Waals surface area contributed by atoms with Crippen LogP contribution in [0.5, 0.6) is 0 Å². The number of H-pyrrole nitrogens is 1. The van der Waals surface area contributed by atoms with Gasteiger partial charge in [-0.25, -0.2) is 0 Å². The van der Waals surface area contributed by atoms with Crippen LogP contribution in [0.4, 0.5) is 5.82 Å². The van der Waals surface area contributed by atoms with Crippen molar-refractivity contribution in [3.63, 3.8) is 0 Å². The molecule has 0 spiro atoms. The number of nitrogen functional groups attached to an aromatic ring is 1. The van der Waals surface area contributed by atoms with Crippen molar-refractivity contribution < 1.29 is 0 Å². The quantitative estimate of drug-likeness (QED) is 0.649. The topological polar surface area (TPSA) is 80.5 Å². The van der Waals surface area contributed by atoms with Crippen molar-refractivity contribution in [3.8, 4) is 11.3 Å². The Bertz CT molecular complexity index is 612. The van der Waals surface area contributed by atoms with Crippen molar-refractivity contribution in [2.24, 2.45) is 0 Å². The highest BCUT2D eigenvalue weighted by Gasteiger charge is 2.04. The fourth-order valence-electron chi connectivity index (χ4n) is 1.43. The van der Waals surface area contributed by atoms with Gasteiger partial charge in [0.1, 0.15) is 11.3 Å². The third-order valence-corrected chi connectivity index (χ3v) is 2.84. The van der Waals surface area contributed by atoms with Crippen molar-refractivity contribution in [3.05, 3.63) is 24.3 Å². The first-order chi connectivity index (χ1) is 7.33. The lowest BCUT2D eigenvalue weighted by atomic mass is 10.1. The predicted molar refractivity (Wildman–Crippen MR) is 59.4 cm³/mol. The summed E-state index contributed by atoms with van der Waals surface area (Å²) in [7, 11) is 0. The molecule has 74 valence electrons. The zero-order chi connectivity index (χ0) is 10.3. The second kappa shape index (κ2) is 3.03. The number of rotatable bonds is 1. The number of fused-ring (bicyclic) bond motifs is 1. The number of benzene rings is 1. The minimum atomic E-state index is 0.493. The molecule has 1 aromatic carbocycles. The number of nitrogens with two attached hydrogens (primary N) is 1. The summed E-state index contributed by atoms with van der Waals surface area (Å²) in [5.41, 5.74) is 8.40. The second-order valence-electron chi connectivity index (χ2n) is 3.16. The Hall–Kier alpha value is -1.95. The fraction of sp³-hybridized carbons (Fsp3) is 0. The number of hydrogen-bond acceptors (Lipinski definition) is 5. The summed E-state index contributed by atoms with van der Waals surface area (Å²) in [6.45, 7) is 0. The van der Waals surface area contributed by atoms with Crippen molar-refractivity contribution in [2.75, 3.05) is 5.73 Å². The van der Waals surface area contributed by atoms with Crippen LogP contribution in [0.3, 0.4) is 0 Å². The molecule has 3 rings (SSSR count). The van der Waals surface area contributed by atoms with E-state index in [1.165, 1.54) is 11.5 Å². The van der Waals surface area contributed by atoms with Crippen LogP contribution in [0.15, 0.2) is 24.3 Å². The third-order valence-electron chi connectivity index (χ3n) is 2.16. The maximum atomic E-state index is 5.54. The van der Waals surface area contributed by atoms with E-state index in [0.717, 1.165) is 21.5 Å². The van der Waals surface area contributed by atoms with E-state index in [1.807, 2.05) is 18.2 Å². The van der Waals surface area contributed by atoms with E-state index in [2.05, 4.69) is 19.8 Å². The van der Waals surface area contributed by atoms with E-state index in [-0.39, 0.29) is 0 Å². The van der Waals surface area contributed by atoms with Gasteiger partial charge in [0.15, 0.2) is 0 Å². The summed E-state index contributed by atoms with van der Waals surface area (Å²) in [6.07, 6.45) is 0. The molecule has 5 nitrogen and oxygen atoms in total. The van der Waals surface area contributed by atoms with Crippen molar-refractivity contribution in [1.82, 2.24) is 19.8 Å². The summed E-state index contributed by atoms with van der Waals surface area (Å²) in [5, 5.41) is 10.7. The van der Waals surface area contributed by atoms with E-state index < -0.39 is 0 Å². The van der Waals surface area contributed by atoms with Crippen molar-refractivity contribution in [1.29, 1.82) is 0 Å². The van der Waals surface area contributed by atoms with Gasteiger partial charge in [-0.05, 0) is 23.7 Å². The van der Waals surface area contributed by atoms with Crippen LogP contribution < -0.4 is 5.73 Å². The van der Waals surface area contributed by atoms with Crippen LogP contribution in [0, 0.1) is 0 Å². The van der Waals surface area contributed by atoms with E-state index >= 15 is 0 Å². The molecule has 0 atom stereocenters. The number of nitrogens with zero attached hydrogens (tertiary/aromatic N) is 3. The van der Waals surface area contributed by atoms with Crippen LogP contribution >= 0.6 is 11.5 Å². The molecule has 0 aliphatic rings. The minimum Gasteiger partial charge on any atom is -0.382 e. The van der Waals surface area contributed by atoms with Crippen LogP contribution in [0.25, 0.3) is 21.5 Å². The normalized spacial score (nSPS) is 10.9. The molecule has 0 bridgehead atoms. The fourth-order valence-corrected chi connectivity index (χ4v) is 2.03. The van der Waals surface area contributed by atoms with Gasteiger partial charge in [-0.1, -0.05) is 10.6 Å². The summed E-state index contributed by atoms with van der Waals surface area (Å²) in [5.74, 6) is 0.493. The van der Waals surface area contributed by atoms with Gasteiger partial charge in [0.25, 0.3) is 0 Å². The average Bonchev–Trinajstić information content (AvgIpc) is 2.84. The first-order valence-corrected chi connectivity index (χ1v) is 5.13. The van der Waals surface area contributed by atoms with Gasteiger partial charge in [0.2, 0.25) is 0 Å². The first kappa shape index (κ1) is 8.37. The molecule has 0 unspecified atom stereocenters. The van der Waals surface area contributed by atoms with E-state index in [4.69, 9.17) is 5.73 Å². The molecular formula is C9H7N5S. The van der Waals surface area contributed by atoms with Gasteiger partial charge in [-0.3, -0.25) is 5.10 Å². The Morgan fingerprint density at radius 3 is 3.00 bits per heavy atom. The summed E-state index contributed by atoms with van der Waals surface area (Å²) in [4.78, 5) is 0. The van der Waals surface area contributed by atoms with Crippen LogP contribution in [-0.2, 0) is 0 Å². The van der Waals surface area contributed by atoms with E-state index in [1.54, 1.807) is 6.07 Å². The van der Waals surface area contributed by atoms with Gasteiger partial charge in [0.05, 0.1) is 10.4 Å². The predicted octanol–water partition coefficient (Wildman–Crippen LogP) is 1.66. The molecule has 0 radical (unpaired) electrons. The standard InChI is InChI=1S/C9H7N5S/c10-9-4-7(11-13-9)5-1-2-6-8(3-5)15-14-12-6/h1-4H,(H3,10,11,13). The number of anilines is 1. The molecule has 0 saturated carbocycles. The summed E-state index contributed by atoms with van der Waals surface area (Å²) < 4.78 is 4.94. The average molecular weight is 217 g/mol. The Labute approximate surface area is 89.1 Å². The Kier molecular flexibility index (Phi) is 1.69. The largest absolute Gasteiger partial charge is 0.382 e. The zero-order valence-corrected chi connectivity index (χ0v) is 8.45. The summed E-state index contributed by atoms with van der Waals surface area (Å²) in [6, 6.07) is 7.73. The van der Waals surface area contributed by atoms with Crippen LogP contribution in [0.1, 0.15) is 0 Å². The van der Waals surface area contributed by atoms with Crippen LogP contribution in [0.2, 0.25) is 0 Å². The van der Waals surface area contributed by atoms with E-state index in [9.17, 15) is 0 Å². The Balaban J connectivity index is 2.18. The lowest BCUT2D eigenvalue weighted by Gasteiger charge is -1.95. The molecule has 0 aliphatic carbocycles. The maximum absolute atomic E-state index is 5.54. The SMILES string of the molecule is Nc1cc(-c2ccc3nnsc3c2)[nH]n1. The Morgan fingerprint density at radius 2 is 2.20 bits per heavy atom. The number of hydrogen-bond donors (Lipinski definition) is 2. The monoisotopic (exact) mass is 217 g/mol. The lowest BCUT2D eigenvalue weighted by Crippen LogP contribution is -1.81. The Morgan fingerprint density at radius 1 is 1.27 bits per heavy atom. The molecule has 3 aromatic rings. The van der Waals surface area contributed by atoms with Gasteiger partial charge in [-0.15, -0.1) is 5.10 Å². The molecule has 0 aliphatic heterocycles. The van der Waals surface area contributed by atoms with Crippen LogP contribution in [-0.4, -0.2) is 19.8 Å². The molecule has 0 amide bonds. The van der Waals surface area contributed by atoms with Gasteiger partial charge in [-0.2, -0.15) is 5.10 Å². The molecule has 2 aromatic heterocycles. The highest BCUT2D eigenvalue weighted by atomic mass is 32.1. The van der Waals surface area contributed by atoms with Crippen molar-refractivity contribution >= 4 is 27.6 Å². The second-order valence-corrected chi connectivity index (χ2v) is 3.95. The number of nitrogens with one attached hydrogen (secondary N) is 1. The molecule has 0 saturated heterocycles. The van der Waals surface area contributed by atoms with Crippen molar-refractivity contribution in [2.45, 2.75) is 0 Å². The molecule has 0 fully saturated rings. The molecule has 15 heavy (non-hydrogen) atoms. The highest BCUT2D eigenvalue weighted by molar-refractivity contribution is 7.12. The smallest absolute Gasteiger partial charge is 0.145 e. The third kappa shape index (κ3) is 1.35. The molecule has 6 heteroatoms. The first-order valence-electron chi connectivity index (χ1n) is 4.36. The lowest BCUT2D eigenvalue weighted by molar-refractivity contribution is 1.10. The minimum absolute atomic E-state index is 0.493. The maximum Gasteiger partial charge on any atom is 0.145 e.